The van der Waals surface area contributed by atoms with Gasteiger partial charge in [-0.05, 0) is 31.0 Å². The summed E-state index contributed by atoms with van der Waals surface area (Å²) in [7, 11) is 0. The Balaban J connectivity index is 2.63. The van der Waals surface area contributed by atoms with Gasteiger partial charge < -0.3 is 16.2 Å². The number of carbonyl (C=O) groups is 1. The lowest BCUT2D eigenvalue weighted by Gasteiger charge is -2.15. The van der Waals surface area contributed by atoms with Gasteiger partial charge in [0.1, 0.15) is 5.75 Å². The summed E-state index contributed by atoms with van der Waals surface area (Å²) in [5, 5.41) is 12.2. The maximum Gasteiger partial charge on any atom is 0.234 e. The number of nitrogens with one attached hydrogen (secondary N) is 1. The Bertz CT molecular complexity index is 398. The molecule has 4 heteroatoms. The number of primary amides is 1. The molecule has 1 aromatic carbocycles. The molecule has 17 heavy (non-hydrogen) atoms. The predicted molar refractivity (Wildman–Crippen MR) is 67.6 cm³/mol. The van der Waals surface area contributed by atoms with Crippen LogP contribution in [0, 0.1) is 0 Å². The topological polar surface area (TPSA) is 75.3 Å². The van der Waals surface area contributed by atoms with E-state index in [0.29, 0.717) is 13.0 Å². The third kappa shape index (κ3) is 4.70. The number of nitrogens with two attached hydrogens (primary N) is 1. The third-order valence-corrected chi connectivity index (χ3v) is 2.37. The van der Waals surface area contributed by atoms with Crippen LogP contribution < -0.4 is 11.1 Å². The Morgan fingerprint density at radius 1 is 1.47 bits per heavy atom. The predicted octanol–water partition coefficient (Wildman–Crippen LogP) is 0.954. The van der Waals surface area contributed by atoms with Crippen LogP contribution in [0.2, 0.25) is 0 Å². The molecule has 0 aliphatic heterocycles. The molecule has 1 rings (SSSR count). The fourth-order valence-electron chi connectivity index (χ4n) is 1.44. The van der Waals surface area contributed by atoms with Crippen LogP contribution in [0.3, 0.4) is 0 Å². The van der Waals surface area contributed by atoms with Crippen LogP contribution >= 0.6 is 0 Å². The minimum Gasteiger partial charge on any atom is -0.508 e. The number of hydrogen-bond donors (Lipinski definition) is 3. The van der Waals surface area contributed by atoms with Gasteiger partial charge in [-0.3, -0.25) is 4.79 Å². The van der Waals surface area contributed by atoms with E-state index in [1.807, 2.05) is 6.92 Å². The molecule has 0 saturated heterocycles. The summed E-state index contributed by atoms with van der Waals surface area (Å²) in [6, 6.07) is 6.30. The van der Waals surface area contributed by atoms with Crippen molar-refractivity contribution in [1.82, 2.24) is 5.32 Å². The molecule has 0 aromatic heterocycles. The van der Waals surface area contributed by atoms with Gasteiger partial charge in [-0.25, -0.2) is 0 Å². The van der Waals surface area contributed by atoms with E-state index in [0.717, 1.165) is 11.1 Å². The molecule has 0 aliphatic rings. The summed E-state index contributed by atoms with van der Waals surface area (Å²) >= 11 is 0. The number of aromatic hydroxyl groups is 1. The van der Waals surface area contributed by atoms with Crippen LogP contribution in [-0.4, -0.2) is 23.6 Å². The Labute approximate surface area is 101 Å². The van der Waals surface area contributed by atoms with Crippen LogP contribution in [0.5, 0.6) is 5.75 Å². The van der Waals surface area contributed by atoms with E-state index in [-0.39, 0.29) is 11.7 Å². The van der Waals surface area contributed by atoms with Crippen molar-refractivity contribution in [3.63, 3.8) is 0 Å². The van der Waals surface area contributed by atoms with Gasteiger partial charge in [0.05, 0.1) is 6.04 Å². The van der Waals surface area contributed by atoms with Gasteiger partial charge in [-0.15, -0.1) is 0 Å². The lowest BCUT2D eigenvalue weighted by Crippen LogP contribution is -2.43. The lowest BCUT2D eigenvalue weighted by atomic mass is 10.1. The van der Waals surface area contributed by atoms with Crippen molar-refractivity contribution >= 4 is 5.91 Å². The minimum atomic E-state index is -0.420. The highest BCUT2D eigenvalue weighted by Gasteiger charge is 2.14. The number of carbonyl (C=O) groups excluding carboxylic acids is 1. The van der Waals surface area contributed by atoms with Crippen LogP contribution in [0.15, 0.2) is 36.4 Å². The number of hydrogen-bond acceptors (Lipinski definition) is 3. The molecule has 1 unspecified atom stereocenters. The second-order valence-electron chi connectivity index (χ2n) is 4.16. The molecule has 1 atom stereocenters. The SMILES string of the molecule is C=C(C)CNC(Cc1ccc(O)cc1)C(N)=O. The van der Waals surface area contributed by atoms with E-state index in [1.54, 1.807) is 24.3 Å². The molecule has 0 aliphatic carbocycles. The largest absolute Gasteiger partial charge is 0.508 e. The maximum absolute atomic E-state index is 11.3. The first-order valence-corrected chi connectivity index (χ1v) is 5.44. The molecule has 4 N–H and O–H groups in total. The molecule has 0 heterocycles. The molecule has 92 valence electrons. The Morgan fingerprint density at radius 2 is 2.06 bits per heavy atom. The molecule has 0 radical (unpaired) electrons. The molecule has 0 saturated carbocycles. The Hall–Kier alpha value is -1.81. The summed E-state index contributed by atoms with van der Waals surface area (Å²) < 4.78 is 0. The van der Waals surface area contributed by atoms with Crippen molar-refractivity contribution in [3.05, 3.63) is 42.0 Å². The first kappa shape index (κ1) is 13.3. The first-order chi connectivity index (χ1) is 7.99. The van der Waals surface area contributed by atoms with Gasteiger partial charge in [0, 0.05) is 6.54 Å². The summed E-state index contributed by atoms with van der Waals surface area (Å²) in [6.45, 7) is 6.20. The number of phenolic OH excluding ortho intramolecular Hbond substituents is 1. The Morgan fingerprint density at radius 3 is 2.53 bits per heavy atom. The second-order valence-corrected chi connectivity index (χ2v) is 4.16. The van der Waals surface area contributed by atoms with E-state index in [4.69, 9.17) is 10.8 Å². The van der Waals surface area contributed by atoms with Gasteiger partial charge in [-0.1, -0.05) is 24.3 Å². The molecule has 0 fully saturated rings. The Kier molecular flexibility index (Phi) is 4.72. The number of benzene rings is 1. The monoisotopic (exact) mass is 234 g/mol. The minimum absolute atomic E-state index is 0.208. The highest BCUT2D eigenvalue weighted by molar-refractivity contribution is 5.80. The third-order valence-electron chi connectivity index (χ3n) is 2.37. The quantitative estimate of drug-likeness (QED) is 0.642. The van der Waals surface area contributed by atoms with E-state index < -0.39 is 6.04 Å². The lowest BCUT2D eigenvalue weighted by molar-refractivity contribution is -0.119. The summed E-state index contributed by atoms with van der Waals surface area (Å²) in [5.41, 5.74) is 7.21. The van der Waals surface area contributed by atoms with Crippen LogP contribution in [0.25, 0.3) is 0 Å². The van der Waals surface area contributed by atoms with Crippen LogP contribution in [-0.2, 0) is 11.2 Å². The highest BCUT2D eigenvalue weighted by atomic mass is 16.3. The van der Waals surface area contributed by atoms with E-state index in [1.165, 1.54) is 0 Å². The molecular formula is C13H18N2O2. The normalized spacial score (nSPS) is 12.1. The molecular weight excluding hydrogens is 216 g/mol. The first-order valence-electron chi connectivity index (χ1n) is 5.44. The van der Waals surface area contributed by atoms with Crippen molar-refractivity contribution < 1.29 is 9.90 Å². The van der Waals surface area contributed by atoms with Gasteiger partial charge in [0.15, 0.2) is 0 Å². The number of rotatable bonds is 6. The van der Waals surface area contributed by atoms with Crippen LogP contribution in [0.1, 0.15) is 12.5 Å². The fraction of sp³-hybridized carbons (Fsp3) is 0.308. The highest BCUT2D eigenvalue weighted by Crippen LogP contribution is 2.11. The van der Waals surface area contributed by atoms with Gasteiger partial charge in [-0.2, -0.15) is 0 Å². The van der Waals surface area contributed by atoms with Gasteiger partial charge >= 0.3 is 0 Å². The molecule has 1 aromatic rings. The molecule has 1 amide bonds. The molecule has 0 spiro atoms. The standard InChI is InChI=1S/C13H18N2O2/c1-9(2)8-15-12(13(14)17)7-10-3-5-11(16)6-4-10/h3-6,12,15-16H,1,7-8H2,2H3,(H2,14,17). The second kappa shape index (κ2) is 6.06. The van der Waals surface area contributed by atoms with Crippen molar-refractivity contribution in [2.45, 2.75) is 19.4 Å². The van der Waals surface area contributed by atoms with Gasteiger partial charge in [0.25, 0.3) is 0 Å². The van der Waals surface area contributed by atoms with Crippen molar-refractivity contribution in [1.29, 1.82) is 0 Å². The maximum atomic E-state index is 11.3. The van der Waals surface area contributed by atoms with Crippen LogP contribution in [0.4, 0.5) is 0 Å². The zero-order chi connectivity index (χ0) is 12.8. The fourth-order valence-corrected chi connectivity index (χ4v) is 1.44. The summed E-state index contributed by atoms with van der Waals surface area (Å²) in [4.78, 5) is 11.3. The zero-order valence-corrected chi connectivity index (χ0v) is 9.94. The molecule has 0 bridgehead atoms. The number of amides is 1. The smallest absolute Gasteiger partial charge is 0.234 e. The summed E-state index contributed by atoms with van der Waals surface area (Å²) in [6.07, 6.45) is 0.503. The van der Waals surface area contributed by atoms with Gasteiger partial charge in [0.2, 0.25) is 5.91 Å². The van der Waals surface area contributed by atoms with E-state index >= 15 is 0 Å². The zero-order valence-electron chi connectivity index (χ0n) is 9.94. The molecule has 4 nitrogen and oxygen atoms in total. The average molecular weight is 234 g/mol. The average Bonchev–Trinajstić information content (AvgIpc) is 2.26. The van der Waals surface area contributed by atoms with Crippen molar-refractivity contribution in [2.24, 2.45) is 5.73 Å². The van der Waals surface area contributed by atoms with Crippen molar-refractivity contribution in [3.8, 4) is 5.75 Å². The van der Waals surface area contributed by atoms with E-state index in [9.17, 15) is 4.79 Å². The van der Waals surface area contributed by atoms with Crippen molar-refractivity contribution in [2.75, 3.05) is 6.54 Å². The summed E-state index contributed by atoms with van der Waals surface area (Å²) in [5.74, 6) is -0.182. The van der Waals surface area contributed by atoms with E-state index in [2.05, 4.69) is 11.9 Å². The number of phenols is 1.